The zero-order valence-electron chi connectivity index (χ0n) is 9.61. The van der Waals surface area contributed by atoms with Gasteiger partial charge in [-0.1, -0.05) is 18.6 Å². The number of aryl methyl sites for hydroxylation is 1. The molecule has 1 fully saturated rings. The van der Waals surface area contributed by atoms with Crippen LogP contribution in [0.2, 0.25) is 0 Å². The molecule has 1 aromatic rings. The van der Waals surface area contributed by atoms with E-state index in [9.17, 15) is 10.1 Å². The molecule has 4 heteroatoms. The van der Waals surface area contributed by atoms with Crippen LogP contribution in [-0.4, -0.2) is 18.0 Å². The number of nitro benzene ring substituents is 1. The molecular weight excluding hydrogens is 204 g/mol. The van der Waals surface area contributed by atoms with Gasteiger partial charge < -0.3 is 5.32 Å². The van der Waals surface area contributed by atoms with E-state index < -0.39 is 4.92 Å². The summed E-state index contributed by atoms with van der Waals surface area (Å²) < 4.78 is 0. The van der Waals surface area contributed by atoms with Gasteiger partial charge in [-0.3, -0.25) is 10.1 Å². The zero-order chi connectivity index (χ0) is 11.8. The topological polar surface area (TPSA) is 55.2 Å². The first kappa shape index (κ1) is 12.6. The molecule has 0 spiro atoms. The molecule has 0 aliphatic carbocycles. The Kier molecular flexibility index (Phi) is 5.50. The molecule has 2 rings (SSSR count). The van der Waals surface area contributed by atoms with Crippen molar-refractivity contribution in [3.8, 4) is 0 Å². The first-order valence-electron chi connectivity index (χ1n) is 5.62. The number of nitrogens with one attached hydrogen (secondary N) is 1. The molecule has 0 unspecified atom stereocenters. The number of rotatable bonds is 1. The van der Waals surface area contributed by atoms with Gasteiger partial charge in [-0.25, -0.2) is 0 Å². The summed E-state index contributed by atoms with van der Waals surface area (Å²) >= 11 is 0. The smallest absolute Gasteiger partial charge is 0.269 e. The van der Waals surface area contributed by atoms with Gasteiger partial charge in [-0.15, -0.1) is 0 Å². The molecule has 0 bridgehead atoms. The van der Waals surface area contributed by atoms with E-state index >= 15 is 0 Å². The lowest BCUT2D eigenvalue weighted by Gasteiger charge is -2.08. The average Bonchev–Trinajstić information content (AvgIpc) is 2.32. The summed E-state index contributed by atoms with van der Waals surface area (Å²) in [4.78, 5) is 9.76. The second-order valence-corrected chi connectivity index (χ2v) is 3.91. The third-order valence-electron chi connectivity index (χ3n) is 2.42. The molecule has 0 amide bonds. The van der Waals surface area contributed by atoms with E-state index in [4.69, 9.17) is 0 Å². The van der Waals surface area contributed by atoms with Crippen LogP contribution in [0.5, 0.6) is 0 Å². The van der Waals surface area contributed by atoms with E-state index in [1.54, 1.807) is 12.1 Å². The molecule has 0 aromatic heterocycles. The number of nitro groups is 1. The molecule has 1 saturated heterocycles. The minimum absolute atomic E-state index is 0.153. The van der Waals surface area contributed by atoms with Crippen molar-refractivity contribution in [2.45, 2.75) is 26.2 Å². The van der Waals surface area contributed by atoms with Gasteiger partial charge in [0.25, 0.3) is 5.69 Å². The Labute approximate surface area is 95.8 Å². The maximum Gasteiger partial charge on any atom is 0.269 e. The lowest BCUT2D eigenvalue weighted by Crippen LogP contribution is -2.21. The first-order valence-corrected chi connectivity index (χ1v) is 5.62. The molecule has 1 aliphatic rings. The van der Waals surface area contributed by atoms with Crippen molar-refractivity contribution in [1.82, 2.24) is 5.32 Å². The maximum absolute atomic E-state index is 10.2. The average molecular weight is 222 g/mol. The fourth-order valence-corrected chi connectivity index (χ4v) is 1.54. The molecule has 16 heavy (non-hydrogen) atoms. The van der Waals surface area contributed by atoms with Gasteiger partial charge in [-0.2, -0.15) is 0 Å². The highest BCUT2D eigenvalue weighted by Crippen LogP contribution is 2.11. The van der Waals surface area contributed by atoms with Gasteiger partial charge in [0, 0.05) is 12.1 Å². The van der Waals surface area contributed by atoms with Crippen molar-refractivity contribution < 1.29 is 4.92 Å². The zero-order valence-corrected chi connectivity index (χ0v) is 9.61. The summed E-state index contributed by atoms with van der Waals surface area (Å²) in [5, 5.41) is 13.4. The molecule has 0 atom stereocenters. The van der Waals surface area contributed by atoms with E-state index in [-0.39, 0.29) is 5.69 Å². The van der Waals surface area contributed by atoms with Crippen molar-refractivity contribution in [3.05, 3.63) is 39.9 Å². The Morgan fingerprint density at radius 1 is 1.25 bits per heavy atom. The highest BCUT2D eigenvalue weighted by atomic mass is 16.6. The van der Waals surface area contributed by atoms with Crippen molar-refractivity contribution in [1.29, 1.82) is 0 Å². The van der Waals surface area contributed by atoms with Crippen LogP contribution in [0.1, 0.15) is 24.8 Å². The van der Waals surface area contributed by atoms with E-state index in [0.717, 1.165) is 5.56 Å². The molecular formula is C12H18N2O2. The number of non-ortho nitro benzene ring substituents is 1. The third kappa shape index (κ3) is 4.89. The largest absolute Gasteiger partial charge is 0.317 e. The Balaban J connectivity index is 0.000000181. The van der Waals surface area contributed by atoms with Gasteiger partial charge in [0.05, 0.1) is 4.92 Å². The number of hydrogen-bond acceptors (Lipinski definition) is 3. The molecule has 4 nitrogen and oxygen atoms in total. The lowest BCUT2D eigenvalue weighted by molar-refractivity contribution is -0.384. The van der Waals surface area contributed by atoms with Crippen molar-refractivity contribution >= 4 is 5.69 Å². The monoisotopic (exact) mass is 222 g/mol. The predicted molar refractivity (Wildman–Crippen MR) is 64.6 cm³/mol. The van der Waals surface area contributed by atoms with Crippen LogP contribution in [0, 0.1) is 17.0 Å². The van der Waals surface area contributed by atoms with Crippen LogP contribution >= 0.6 is 0 Å². The van der Waals surface area contributed by atoms with Crippen LogP contribution in [0.4, 0.5) is 5.69 Å². The molecule has 1 heterocycles. The van der Waals surface area contributed by atoms with Crippen LogP contribution in [0.15, 0.2) is 24.3 Å². The minimum Gasteiger partial charge on any atom is -0.317 e. The van der Waals surface area contributed by atoms with E-state index in [1.807, 2.05) is 13.0 Å². The van der Waals surface area contributed by atoms with Crippen LogP contribution in [-0.2, 0) is 0 Å². The summed E-state index contributed by atoms with van der Waals surface area (Å²) in [7, 11) is 0. The van der Waals surface area contributed by atoms with Gasteiger partial charge in [0.2, 0.25) is 0 Å². The van der Waals surface area contributed by atoms with E-state index in [1.165, 1.54) is 38.4 Å². The van der Waals surface area contributed by atoms with Crippen molar-refractivity contribution in [3.63, 3.8) is 0 Å². The number of benzene rings is 1. The van der Waals surface area contributed by atoms with Gasteiger partial charge in [-0.05, 0) is 38.4 Å². The Hall–Kier alpha value is -1.42. The molecule has 1 N–H and O–H groups in total. The second kappa shape index (κ2) is 6.95. The second-order valence-electron chi connectivity index (χ2n) is 3.91. The maximum atomic E-state index is 10.2. The van der Waals surface area contributed by atoms with Gasteiger partial charge in [0.15, 0.2) is 0 Å². The summed E-state index contributed by atoms with van der Waals surface area (Å²) in [6.45, 7) is 4.33. The molecule has 1 aromatic carbocycles. The Morgan fingerprint density at radius 3 is 2.25 bits per heavy atom. The quantitative estimate of drug-likeness (QED) is 0.587. The molecule has 88 valence electrons. The molecule has 0 saturated carbocycles. The lowest BCUT2D eigenvalue weighted by atomic mass is 10.2. The first-order chi connectivity index (χ1) is 7.70. The Bertz CT molecular complexity index is 324. The molecule has 1 aliphatic heterocycles. The predicted octanol–water partition coefficient (Wildman–Crippen LogP) is 2.66. The number of piperidine rings is 1. The summed E-state index contributed by atoms with van der Waals surface area (Å²) in [6, 6.07) is 6.52. The van der Waals surface area contributed by atoms with Crippen molar-refractivity contribution in [2.75, 3.05) is 13.1 Å². The SMILES string of the molecule is C1CCNCC1.Cc1cccc([N+](=O)[O-])c1. The Morgan fingerprint density at radius 2 is 1.94 bits per heavy atom. The fourth-order valence-electron chi connectivity index (χ4n) is 1.54. The minimum atomic E-state index is -0.396. The summed E-state index contributed by atoms with van der Waals surface area (Å²) in [6.07, 6.45) is 4.22. The third-order valence-corrected chi connectivity index (χ3v) is 2.42. The highest BCUT2D eigenvalue weighted by Gasteiger charge is 2.01. The van der Waals surface area contributed by atoms with Crippen molar-refractivity contribution in [2.24, 2.45) is 0 Å². The number of hydrogen-bond donors (Lipinski definition) is 1. The normalized spacial score (nSPS) is 14.8. The molecule has 0 radical (unpaired) electrons. The number of nitrogens with zero attached hydrogens (tertiary/aromatic N) is 1. The summed E-state index contributed by atoms with van der Waals surface area (Å²) in [5.74, 6) is 0. The van der Waals surface area contributed by atoms with E-state index in [2.05, 4.69) is 5.32 Å². The fraction of sp³-hybridized carbons (Fsp3) is 0.500. The van der Waals surface area contributed by atoms with E-state index in [0.29, 0.717) is 0 Å². The summed E-state index contributed by atoms with van der Waals surface area (Å²) in [5.41, 5.74) is 1.06. The van der Waals surface area contributed by atoms with Crippen LogP contribution < -0.4 is 5.32 Å². The van der Waals surface area contributed by atoms with Crippen LogP contribution in [0.3, 0.4) is 0 Å². The van der Waals surface area contributed by atoms with Gasteiger partial charge in [0.1, 0.15) is 0 Å². The van der Waals surface area contributed by atoms with Crippen LogP contribution in [0.25, 0.3) is 0 Å². The standard InChI is InChI=1S/C7H7NO2.C5H11N/c1-6-3-2-4-7(5-6)8(9)10;1-2-4-6-5-3-1/h2-5H,1H3;6H,1-5H2. The van der Waals surface area contributed by atoms with Gasteiger partial charge >= 0.3 is 0 Å². The highest BCUT2D eigenvalue weighted by molar-refractivity contribution is 5.33.